The Balaban J connectivity index is 1.87. The number of fused-ring (bicyclic) bond motifs is 2. The van der Waals surface area contributed by atoms with Crippen LogP contribution < -0.4 is 10.5 Å². The fraction of sp³-hybridized carbons (Fsp3) is 0.0909. The molecule has 0 bridgehead atoms. The first-order chi connectivity index (χ1) is 13.9. The van der Waals surface area contributed by atoms with E-state index in [-0.39, 0.29) is 16.9 Å². The van der Waals surface area contributed by atoms with Crippen LogP contribution in [0.5, 0.6) is 0 Å². The molecule has 4 aromatic rings. The van der Waals surface area contributed by atoms with Gasteiger partial charge in [0.05, 0.1) is 12.1 Å². The standard InChI is InChI=1S/C22H16FN3O3/c1-25-11-17-16-8-12(22(28)29)2-7-18(16)26(15-5-3-14(23)4-6-15)10-13-9-24-21(27)20(25)19(13)17/h2-9,11H,10H2,1H3,(H,24,27)(H,28,29). The Bertz CT molecular complexity index is 1350. The van der Waals surface area contributed by atoms with Crippen molar-refractivity contribution < 1.29 is 14.3 Å². The van der Waals surface area contributed by atoms with Gasteiger partial charge in [-0.2, -0.15) is 0 Å². The van der Waals surface area contributed by atoms with Gasteiger partial charge in [0.2, 0.25) is 0 Å². The molecule has 0 spiro atoms. The number of aromatic amines is 1. The van der Waals surface area contributed by atoms with Crippen molar-refractivity contribution in [2.24, 2.45) is 7.05 Å². The van der Waals surface area contributed by atoms with Gasteiger partial charge in [-0.1, -0.05) is 0 Å². The number of nitrogens with zero attached hydrogens (tertiary/aromatic N) is 2. The molecule has 29 heavy (non-hydrogen) atoms. The molecule has 0 fully saturated rings. The van der Waals surface area contributed by atoms with E-state index < -0.39 is 5.97 Å². The van der Waals surface area contributed by atoms with Gasteiger partial charge in [-0.15, -0.1) is 0 Å². The Morgan fingerprint density at radius 2 is 1.90 bits per heavy atom. The molecule has 1 aliphatic rings. The quantitative estimate of drug-likeness (QED) is 0.543. The number of hydrogen-bond donors (Lipinski definition) is 2. The number of pyridine rings is 1. The van der Waals surface area contributed by atoms with Crippen molar-refractivity contribution in [1.82, 2.24) is 9.55 Å². The topological polar surface area (TPSA) is 78.3 Å². The maximum atomic E-state index is 13.5. The zero-order valence-corrected chi connectivity index (χ0v) is 15.4. The second-order valence-electron chi connectivity index (χ2n) is 7.12. The van der Waals surface area contributed by atoms with E-state index in [1.165, 1.54) is 12.1 Å². The minimum Gasteiger partial charge on any atom is -0.478 e. The van der Waals surface area contributed by atoms with E-state index in [0.29, 0.717) is 17.6 Å². The van der Waals surface area contributed by atoms with E-state index in [1.54, 1.807) is 48.1 Å². The fourth-order valence-corrected chi connectivity index (χ4v) is 4.07. The number of aromatic nitrogens is 2. The molecule has 0 amide bonds. The number of H-pyrrole nitrogens is 1. The largest absolute Gasteiger partial charge is 0.478 e. The van der Waals surface area contributed by atoms with Crippen molar-refractivity contribution in [3.05, 3.63) is 82.2 Å². The molecule has 2 aromatic carbocycles. The molecular formula is C22H16FN3O3. The summed E-state index contributed by atoms with van der Waals surface area (Å²) in [6, 6.07) is 11.1. The number of hydrogen-bond acceptors (Lipinski definition) is 3. The third-order valence-electron chi connectivity index (χ3n) is 5.39. The maximum absolute atomic E-state index is 13.5. The van der Waals surface area contributed by atoms with Crippen LogP contribution in [0.15, 0.2) is 59.7 Å². The van der Waals surface area contributed by atoms with E-state index in [1.807, 2.05) is 11.1 Å². The molecule has 2 aromatic heterocycles. The Kier molecular flexibility index (Phi) is 3.61. The molecule has 0 saturated carbocycles. The van der Waals surface area contributed by atoms with E-state index in [2.05, 4.69) is 4.98 Å². The molecule has 3 heterocycles. The van der Waals surface area contributed by atoms with E-state index in [9.17, 15) is 19.1 Å². The first-order valence-electron chi connectivity index (χ1n) is 9.04. The summed E-state index contributed by atoms with van der Waals surface area (Å²) in [6.45, 7) is 0.440. The highest BCUT2D eigenvalue weighted by molar-refractivity contribution is 6.04. The first kappa shape index (κ1) is 17.2. The third kappa shape index (κ3) is 2.55. The number of rotatable bonds is 2. The van der Waals surface area contributed by atoms with Crippen molar-refractivity contribution in [2.75, 3.05) is 4.90 Å². The van der Waals surface area contributed by atoms with Crippen molar-refractivity contribution in [3.63, 3.8) is 0 Å². The number of aromatic carboxylic acids is 1. The van der Waals surface area contributed by atoms with Crippen LogP contribution in [0, 0.1) is 5.82 Å². The second-order valence-corrected chi connectivity index (χ2v) is 7.12. The van der Waals surface area contributed by atoms with Crippen LogP contribution in [-0.2, 0) is 13.6 Å². The van der Waals surface area contributed by atoms with Crippen LogP contribution in [0.25, 0.3) is 22.0 Å². The van der Waals surface area contributed by atoms with E-state index in [4.69, 9.17) is 0 Å². The molecule has 0 saturated heterocycles. The summed E-state index contributed by atoms with van der Waals surface area (Å²) in [5, 5.41) is 10.3. The minimum absolute atomic E-state index is 0.160. The van der Waals surface area contributed by atoms with Crippen LogP contribution in [-0.4, -0.2) is 20.6 Å². The van der Waals surface area contributed by atoms with Crippen molar-refractivity contribution >= 4 is 28.2 Å². The number of carboxylic acid groups (broad SMARTS) is 1. The fourth-order valence-electron chi connectivity index (χ4n) is 4.07. The van der Waals surface area contributed by atoms with Crippen molar-refractivity contribution in [3.8, 4) is 11.1 Å². The highest BCUT2D eigenvalue weighted by atomic mass is 19.1. The van der Waals surface area contributed by atoms with Gasteiger partial charge in [-0.05, 0) is 48.0 Å². The Morgan fingerprint density at radius 3 is 2.62 bits per heavy atom. The molecule has 0 radical (unpaired) electrons. The number of aryl methyl sites for hydroxylation is 1. The number of benzene rings is 2. The predicted octanol–water partition coefficient (Wildman–Crippen LogP) is 4.02. The lowest BCUT2D eigenvalue weighted by Gasteiger charge is -2.26. The second kappa shape index (κ2) is 6.07. The zero-order chi connectivity index (χ0) is 20.3. The molecule has 6 nitrogen and oxygen atoms in total. The average Bonchev–Trinajstić information content (AvgIpc) is 3.00. The molecule has 1 aliphatic heterocycles. The number of anilines is 2. The molecule has 0 atom stereocenters. The third-order valence-corrected chi connectivity index (χ3v) is 5.39. The van der Waals surface area contributed by atoms with Crippen LogP contribution in [0.3, 0.4) is 0 Å². The smallest absolute Gasteiger partial charge is 0.335 e. The SMILES string of the molecule is Cn1cc2c3c(c[nH]c(=O)c31)CN(c1ccc(F)cc1)c1ccc(C(=O)O)cc1-2. The summed E-state index contributed by atoms with van der Waals surface area (Å²) in [5.41, 5.74) is 4.45. The molecule has 0 unspecified atom stereocenters. The average molecular weight is 389 g/mol. The minimum atomic E-state index is -1.02. The zero-order valence-electron chi connectivity index (χ0n) is 15.4. The van der Waals surface area contributed by atoms with Crippen molar-refractivity contribution in [2.45, 2.75) is 6.54 Å². The Labute approximate surface area is 164 Å². The summed E-state index contributed by atoms with van der Waals surface area (Å²) >= 11 is 0. The Morgan fingerprint density at radius 1 is 1.14 bits per heavy atom. The van der Waals surface area contributed by atoms with Gasteiger partial charge in [-0.25, -0.2) is 9.18 Å². The number of carboxylic acids is 1. The van der Waals surface area contributed by atoms with E-state index in [0.717, 1.165) is 27.9 Å². The highest BCUT2D eigenvalue weighted by Gasteiger charge is 2.26. The summed E-state index contributed by atoms with van der Waals surface area (Å²) < 4.78 is 15.2. The normalized spacial score (nSPS) is 12.7. The van der Waals surface area contributed by atoms with Gasteiger partial charge in [0, 0.05) is 47.3 Å². The number of nitrogens with one attached hydrogen (secondary N) is 1. The van der Waals surface area contributed by atoms with Crippen LogP contribution in [0.4, 0.5) is 15.8 Å². The van der Waals surface area contributed by atoms with Gasteiger partial charge < -0.3 is 19.6 Å². The Hall–Kier alpha value is -3.87. The number of carbonyl (C=O) groups is 1. The van der Waals surface area contributed by atoms with Crippen LogP contribution in [0.1, 0.15) is 15.9 Å². The molecule has 0 aliphatic carbocycles. The summed E-state index contributed by atoms with van der Waals surface area (Å²) in [4.78, 5) is 28.8. The van der Waals surface area contributed by atoms with E-state index >= 15 is 0 Å². The van der Waals surface area contributed by atoms with Crippen LogP contribution >= 0.6 is 0 Å². The van der Waals surface area contributed by atoms with Crippen molar-refractivity contribution in [1.29, 1.82) is 0 Å². The monoisotopic (exact) mass is 389 g/mol. The van der Waals surface area contributed by atoms with Gasteiger partial charge in [0.25, 0.3) is 5.56 Å². The van der Waals surface area contributed by atoms with Crippen LogP contribution in [0.2, 0.25) is 0 Å². The molecular weight excluding hydrogens is 373 g/mol. The van der Waals surface area contributed by atoms with Gasteiger partial charge in [0.15, 0.2) is 0 Å². The molecule has 2 N–H and O–H groups in total. The number of halogens is 1. The summed E-state index contributed by atoms with van der Waals surface area (Å²) in [7, 11) is 1.80. The molecule has 7 heteroatoms. The van der Waals surface area contributed by atoms with Gasteiger partial charge in [-0.3, -0.25) is 4.79 Å². The molecule has 144 valence electrons. The van der Waals surface area contributed by atoms with Gasteiger partial charge >= 0.3 is 5.97 Å². The lowest BCUT2D eigenvalue weighted by molar-refractivity contribution is 0.0697. The lowest BCUT2D eigenvalue weighted by atomic mass is 10.00. The summed E-state index contributed by atoms with van der Waals surface area (Å²) in [6.07, 6.45) is 3.54. The molecule has 5 rings (SSSR count). The summed E-state index contributed by atoms with van der Waals surface area (Å²) in [5.74, 6) is -1.36. The highest BCUT2D eigenvalue weighted by Crippen LogP contribution is 2.44. The lowest BCUT2D eigenvalue weighted by Crippen LogP contribution is -2.18. The first-order valence-corrected chi connectivity index (χ1v) is 9.04. The maximum Gasteiger partial charge on any atom is 0.335 e. The van der Waals surface area contributed by atoms with Gasteiger partial charge in [0.1, 0.15) is 11.3 Å². The predicted molar refractivity (Wildman–Crippen MR) is 108 cm³/mol.